The van der Waals surface area contributed by atoms with E-state index in [1.54, 1.807) is 0 Å². The molecule has 148 valence electrons. The maximum absolute atomic E-state index is 9.23. The molecular formula is C23H30N4S. The van der Waals surface area contributed by atoms with E-state index < -0.39 is 0 Å². The minimum Gasteiger partial charge on any atom is -0.348 e. The summed E-state index contributed by atoms with van der Waals surface area (Å²) in [6.45, 7) is 18.4. The van der Waals surface area contributed by atoms with Gasteiger partial charge in [-0.15, -0.1) is 11.3 Å². The molecule has 0 radical (unpaired) electrons. The largest absolute Gasteiger partial charge is 0.348 e. The molecule has 0 saturated heterocycles. The van der Waals surface area contributed by atoms with Crippen LogP contribution in [0, 0.1) is 28.1 Å². The van der Waals surface area contributed by atoms with E-state index >= 15 is 0 Å². The maximum atomic E-state index is 9.23. The first-order valence-corrected chi connectivity index (χ1v) is 10.5. The smallest absolute Gasteiger partial charge is 0.165 e. The molecule has 1 aromatic rings. The molecule has 0 bridgehead atoms. The Morgan fingerprint density at radius 3 is 2.29 bits per heavy atom. The van der Waals surface area contributed by atoms with Crippen LogP contribution < -0.4 is 9.20 Å². The number of hydrogen-bond donors (Lipinski definition) is 0. The average Bonchev–Trinajstić information content (AvgIpc) is 3.10. The molecule has 1 aliphatic rings. The third-order valence-electron chi connectivity index (χ3n) is 5.46. The molecule has 1 aromatic heterocycles. The second-order valence-corrected chi connectivity index (χ2v) is 9.82. The van der Waals surface area contributed by atoms with Crippen molar-refractivity contribution in [2.75, 3.05) is 6.54 Å². The highest BCUT2D eigenvalue weighted by Crippen LogP contribution is 2.46. The predicted molar refractivity (Wildman–Crippen MR) is 116 cm³/mol. The summed E-state index contributed by atoms with van der Waals surface area (Å²) in [7, 11) is 0. The summed E-state index contributed by atoms with van der Waals surface area (Å²) in [5.41, 5.74) is 4.80. The van der Waals surface area contributed by atoms with E-state index in [1.165, 1.54) is 28.3 Å². The van der Waals surface area contributed by atoms with Crippen molar-refractivity contribution in [1.29, 1.82) is 10.5 Å². The maximum Gasteiger partial charge on any atom is 0.165 e. The summed E-state index contributed by atoms with van der Waals surface area (Å²) >= 11 is 1.42. The Hall–Kier alpha value is -2.37. The summed E-state index contributed by atoms with van der Waals surface area (Å²) in [5, 5.41) is 18.5. The number of nitriles is 2. The van der Waals surface area contributed by atoms with Crippen LogP contribution >= 0.6 is 11.3 Å². The lowest BCUT2D eigenvalue weighted by molar-refractivity contribution is 0.384. The SMILES string of the molecule is CCCN1C(=CC=c2sc(=C(C#N)C#N)nc2C(C)(C)C)C(C)(C)C(C)=C1C. The summed E-state index contributed by atoms with van der Waals surface area (Å²) in [6.07, 6.45) is 5.39. The Kier molecular flexibility index (Phi) is 6.21. The van der Waals surface area contributed by atoms with Crippen molar-refractivity contribution in [1.82, 2.24) is 9.88 Å². The molecule has 0 spiro atoms. The molecule has 0 amide bonds. The number of allylic oxidation sites excluding steroid dienone is 3. The van der Waals surface area contributed by atoms with Crippen LogP contribution in [-0.4, -0.2) is 16.4 Å². The van der Waals surface area contributed by atoms with Crippen molar-refractivity contribution >= 4 is 23.0 Å². The van der Waals surface area contributed by atoms with Crippen LogP contribution in [0.4, 0.5) is 0 Å². The topological polar surface area (TPSA) is 63.7 Å². The highest BCUT2D eigenvalue weighted by Gasteiger charge is 2.37. The van der Waals surface area contributed by atoms with Gasteiger partial charge in [0.1, 0.15) is 16.8 Å². The molecule has 1 aliphatic heterocycles. The molecule has 0 aromatic carbocycles. The van der Waals surface area contributed by atoms with Gasteiger partial charge in [0.2, 0.25) is 0 Å². The first kappa shape index (κ1) is 21.9. The highest BCUT2D eigenvalue weighted by atomic mass is 32.1. The average molecular weight is 395 g/mol. The van der Waals surface area contributed by atoms with Crippen molar-refractivity contribution in [3.05, 3.63) is 37.9 Å². The first-order valence-electron chi connectivity index (χ1n) is 9.68. The van der Waals surface area contributed by atoms with E-state index in [-0.39, 0.29) is 16.4 Å². The highest BCUT2D eigenvalue weighted by molar-refractivity contribution is 7.07. The lowest BCUT2D eigenvalue weighted by atomic mass is 9.83. The zero-order chi connectivity index (χ0) is 21.3. The Labute approximate surface area is 172 Å². The second-order valence-electron chi connectivity index (χ2n) is 8.79. The molecule has 0 aliphatic carbocycles. The van der Waals surface area contributed by atoms with Crippen LogP contribution in [0.2, 0.25) is 0 Å². The van der Waals surface area contributed by atoms with Crippen LogP contribution in [0.15, 0.2) is 23.0 Å². The normalized spacial score (nSPS) is 18.6. The number of rotatable bonds is 3. The molecule has 0 atom stereocenters. The quantitative estimate of drug-likeness (QED) is 0.764. The second kappa shape index (κ2) is 7.94. The van der Waals surface area contributed by atoms with E-state index in [1.807, 2.05) is 12.1 Å². The molecule has 0 unspecified atom stereocenters. The Bertz CT molecular complexity index is 1010. The summed E-state index contributed by atoms with van der Waals surface area (Å²) < 4.78 is 1.51. The van der Waals surface area contributed by atoms with Gasteiger partial charge in [0.25, 0.3) is 0 Å². The van der Waals surface area contributed by atoms with Crippen LogP contribution in [0.3, 0.4) is 0 Å². The van der Waals surface area contributed by atoms with Gasteiger partial charge in [-0.25, -0.2) is 4.98 Å². The van der Waals surface area contributed by atoms with Gasteiger partial charge in [-0.1, -0.05) is 41.5 Å². The number of aromatic nitrogens is 1. The van der Waals surface area contributed by atoms with Gasteiger partial charge in [-0.3, -0.25) is 0 Å². The third kappa shape index (κ3) is 3.91. The molecule has 5 heteroatoms. The van der Waals surface area contributed by atoms with E-state index in [0.717, 1.165) is 23.2 Å². The van der Waals surface area contributed by atoms with Gasteiger partial charge in [-0.2, -0.15) is 10.5 Å². The van der Waals surface area contributed by atoms with Gasteiger partial charge < -0.3 is 4.90 Å². The molecule has 4 nitrogen and oxygen atoms in total. The standard InChI is InChI=1S/C23H30N4S/c1-9-12-27-16(3)15(2)23(7,8)19(27)11-10-18-20(22(4,5)6)26-21(28-18)17(13-24)14-25/h10-11H,9,12H2,1-8H3. The number of nitrogens with zero attached hydrogens (tertiary/aromatic N) is 4. The molecule has 0 saturated carbocycles. The van der Waals surface area contributed by atoms with Crippen molar-refractivity contribution in [3.63, 3.8) is 0 Å². The minimum absolute atomic E-state index is 0.0260. The summed E-state index contributed by atoms with van der Waals surface area (Å²) in [5.74, 6) is 0. The molecule has 0 N–H and O–H groups in total. The predicted octanol–water partition coefficient (Wildman–Crippen LogP) is 4.35. The van der Waals surface area contributed by atoms with Crippen LogP contribution in [0.1, 0.15) is 67.5 Å². The third-order valence-corrected chi connectivity index (χ3v) is 6.50. The monoisotopic (exact) mass is 394 g/mol. The minimum atomic E-state index is -0.173. The lowest BCUT2D eigenvalue weighted by Gasteiger charge is -2.28. The van der Waals surface area contributed by atoms with Crippen molar-refractivity contribution in [3.8, 4) is 12.1 Å². The number of hydrogen-bond acceptors (Lipinski definition) is 5. The van der Waals surface area contributed by atoms with Gasteiger partial charge in [-0.05, 0) is 38.0 Å². The molecule has 2 rings (SSSR count). The zero-order valence-corrected chi connectivity index (χ0v) is 19.1. The van der Waals surface area contributed by atoms with E-state index in [2.05, 4.69) is 77.4 Å². The Balaban J connectivity index is 2.74. The van der Waals surface area contributed by atoms with Crippen LogP contribution in [0.5, 0.6) is 0 Å². The van der Waals surface area contributed by atoms with Gasteiger partial charge in [0, 0.05) is 28.8 Å². The van der Waals surface area contributed by atoms with Gasteiger partial charge in [0.05, 0.1) is 10.2 Å². The van der Waals surface area contributed by atoms with E-state index in [0.29, 0.717) is 4.66 Å². The lowest BCUT2D eigenvalue weighted by Crippen LogP contribution is -2.24. The fourth-order valence-corrected chi connectivity index (χ4v) is 4.66. The Morgan fingerprint density at radius 1 is 1.18 bits per heavy atom. The summed E-state index contributed by atoms with van der Waals surface area (Å²) in [4.78, 5) is 7.05. The fraction of sp³-hybridized carbons (Fsp3) is 0.522. The fourth-order valence-electron chi connectivity index (χ4n) is 3.54. The summed E-state index contributed by atoms with van der Waals surface area (Å²) in [6, 6.07) is 3.93. The Morgan fingerprint density at radius 2 is 1.79 bits per heavy atom. The van der Waals surface area contributed by atoms with Crippen molar-refractivity contribution in [2.24, 2.45) is 5.41 Å². The van der Waals surface area contributed by atoms with Crippen LogP contribution in [0.25, 0.3) is 11.6 Å². The zero-order valence-electron chi connectivity index (χ0n) is 18.3. The molecule has 28 heavy (non-hydrogen) atoms. The number of thiazole rings is 1. The van der Waals surface area contributed by atoms with Crippen molar-refractivity contribution in [2.45, 2.75) is 67.2 Å². The van der Waals surface area contributed by atoms with Crippen molar-refractivity contribution < 1.29 is 0 Å². The molecule has 2 heterocycles. The van der Waals surface area contributed by atoms with E-state index in [9.17, 15) is 10.5 Å². The molecular weight excluding hydrogens is 364 g/mol. The first-order chi connectivity index (χ1) is 13.0. The van der Waals surface area contributed by atoms with Crippen LogP contribution in [-0.2, 0) is 5.41 Å². The van der Waals surface area contributed by atoms with Gasteiger partial charge >= 0.3 is 0 Å². The van der Waals surface area contributed by atoms with E-state index in [4.69, 9.17) is 0 Å². The molecule has 0 fully saturated rings. The van der Waals surface area contributed by atoms with Gasteiger partial charge in [0.15, 0.2) is 5.57 Å².